The molecular weight excluding hydrogens is 360 g/mol. The predicted octanol–water partition coefficient (Wildman–Crippen LogP) is 1.77. The molecule has 0 saturated heterocycles. The Kier molecular flexibility index (Phi) is 10.1. The Morgan fingerprint density at radius 3 is 2.70 bits per heavy atom. The van der Waals surface area contributed by atoms with E-state index in [9.17, 15) is 4.79 Å². The number of halogens is 1. The molecule has 1 rings (SSSR count). The summed E-state index contributed by atoms with van der Waals surface area (Å²) >= 11 is 3.36. The number of nitrogens with zero attached hydrogens (tertiary/aromatic N) is 1. The molecule has 1 amide bonds. The summed E-state index contributed by atoms with van der Waals surface area (Å²) in [7, 11) is 0. The number of guanidine groups is 1. The molecule has 0 aromatic heterocycles. The molecule has 0 bridgehead atoms. The van der Waals surface area contributed by atoms with Crippen LogP contribution >= 0.6 is 15.9 Å². The third kappa shape index (κ3) is 8.56. The number of rotatable bonds is 9. The lowest BCUT2D eigenvalue weighted by Crippen LogP contribution is -2.41. The van der Waals surface area contributed by atoms with Crippen LogP contribution in [0.4, 0.5) is 0 Å². The molecule has 0 aliphatic carbocycles. The minimum absolute atomic E-state index is 0.0913. The van der Waals surface area contributed by atoms with E-state index in [0.717, 1.165) is 17.0 Å². The number of ether oxygens (including phenoxy) is 1. The van der Waals surface area contributed by atoms with Crippen LogP contribution in [0.2, 0.25) is 0 Å². The molecule has 23 heavy (non-hydrogen) atoms. The van der Waals surface area contributed by atoms with Crippen LogP contribution < -0.4 is 16.0 Å². The van der Waals surface area contributed by atoms with Crippen LogP contribution in [0.5, 0.6) is 0 Å². The van der Waals surface area contributed by atoms with Gasteiger partial charge in [0, 0.05) is 36.3 Å². The van der Waals surface area contributed by atoms with Gasteiger partial charge in [-0.3, -0.25) is 9.79 Å². The lowest BCUT2D eigenvalue weighted by molar-refractivity contribution is 0.0954. The number of nitrogens with one attached hydrogen (secondary N) is 3. The first-order valence-electron chi connectivity index (χ1n) is 7.81. The first-order valence-corrected chi connectivity index (χ1v) is 8.60. The number of hydrogen-bond acceptors (Lipinski definition) is 3. The lowest BCUT2D eigenvalue weighted by Gasteiger charge is -2.12. The standard InChI is InChI=1S/C16H25BrN4O2/c1-3-18-16(21-10-11-23-4-2)20-9-8-19-15(22)13-6-5-7-14(17)12-13/h5-7,12H,3-4,8-11H2,1-2H3,(H,19,22)(H2,18,20,21). The van der Waals surface area contributed by atoms with Crippen molar-refractivity contribution < 1.29 is 9.53 Å². The number of carbonyl (C=O) groups excluding carboxylic acids is 1. The molecule has 0 spiro atoms. The fourth-order valence-electron chi connectivity index (χ4n) is 1.80. The zero-order valence-electron chi connectivity index (χ0n) is 13.7. The summed E-state index contributed by atoms with van der Waals surface area (Å²) in [6.07, 6.45) is 0. The summed E-state index contributed by atoms with van der Waals surface area (Å²) in [5.74, 6) is 0.635. The second-order valence-electron chi connectivity index (χ2n) is 4.65. The van der Waals surface area contributed by atoms with Crippen molar-refractivity contribution >= 4 is 27.8 Å². The minimum atomic E-state index is -0.0913. The third-order valence-electron chi connectivity index (χ3n) is 2.84. The van der Waals surface area contributed by atoms with Gasteiger partial charge in [-0.25, -0.2) is 0 Å². The third-order valence-corrected chi connectivity index (χ3v) is 3.34. The number of benzene rings is 1. The first-order chi connectivity index (χ1) is 11.2. The fraction of sp³-hybridized carbons (Fsp3) is 0.500. The number of hydrogen-bond donors (Lipinski definition) is 3. The maximum absolute atomic E-state index is 12.0. The zero-order chi connectivity index (χ0) is 16.9. The molecule has 0 heterocycles. The van der Waals surface area contributed by atoms with Gasteiger partial charge < -0.3 is 20.7 Å². The maximum atomic E-state index is 12.0. The summed E-state index contributed by atoms with van der Waals surface area (Å²) in [5, 5.41) is 9.20. The van der Waals surface area contributed by atoms with Gasteiger partial charge in [0.1, 0.15) is 0 Å². The zero-order valence-corrected chi connectivity index (χ0v) is 15.3. The Bertz CT molecular complexity index is 509. The van der Waals surface area contributed by atoms with E-state index in [0.29, 0.717) is 38.4 Å². The Labute approximate surface area is 146 Å². The Morgan fingerprint density at radius 1 is 1.22 bits per heavy atom. The van der Waals surface area contributed by atoms with E-state index >= 15 is 0 Å². The van der Waals surface area contributed by atoms with Gasteiger partial charge in [0.15, 0.2) is 5.96 Å². The lowest BCUT2D eigenvalue weighted by atomic mass is 10.2. The van der Waals surface area contributed by atoms with Crippen LogP contribution in [-0.2, 0) is 4.74 Å². The molecule has 128 valence electrons. The highest BCUT2D eigenvalue weighted by atomic mass is 79.9. The molecule has 0 aliphatic rings. The number of aliphatic imine (C=N–C) groups is 1. The molecule has 0 atom stereocenters. The van der Waals surface area contributed by atoms with Crippen molar-refractivity contribution in [1.29, 1.82) is 0 Å². The van der Waals surface area contributed by atoms with Crippen molar-refractivity contribution in [2.24, 2.45) is 4.99 Å². The average Bonchev–Trinajstić information content (AvgIpc) is 2.55. The van der Waals surface area contributed by atoms with Gasteiger partial charge in [-0.05, 0) is 32.0 Å². The van der Waals surface area contributed by atoms with E-state index in [1.165, 1.54) is 0 Å². The van der Waals surface area contributed by atoms with Crippen LogP contribution in [0.3, 0.4) is 0 Å². The Balaban J connectivity index is 2.31. The maximum Gasteiger partial charge on any atom is 0.251 e. The van der Waals surface area contributed by atoms with Crippen molar-refractivity contribution in [2.45, 2.75) is 13.8 Å². The Morgan fingerprint density at radius 2 is 2.00 bits per heavy atom. The van der Waals surface area contributed by atoms with E-state index in [1.807, 2.05) is 26.0 Å². The van der Waals surface area contributed by atoms with Crippen LogP contribution in [-0.4, -0.2) is 51.3 Å². The normalized spacial score (nSPS) is 11.2. The summed E-state index contributed by atoms with van der Waals surface area (Å²) in [6.45, 7) is 7.77. The van der Waals surface area contributed by atoms with E-state index in [2.05, 4.69) is 36.9 Å². The molecule has 0 radical (unpaired) electrons. The molecule has 0 saturated carbocycles. The molecule has 7 heteroatoms. The number of amides is 1. The van der Waals surface area contributed by atoms with Gasteiger partial charge >= 0.3 is 0 Å². The van der Waals surface area contributed by atoms with E-state index in [1.54, 1.807) is 12.1 Å². The molecule has 1 aromatic rings. The quantitative estimate of drug-likeness (QED) is 0.344. The second kappa shape index (κ2) is 11.9. The molecule has 6 nitrogen and oxygen atoms in total. The summed E-state index contributed by atoms with van der Waals surface area (Å²) in [5.41, 5.74) is 0.636. The Hall–Kier alpha value is -1.60. The van der Waals surface area contributed by atoms with Crippen molar-refractivity contribution in [1.82, 2.24) is 16.0 Å². The summed E-state index contributed by atoms with van der Waals surface area (Å²) in [6, 6.07) is 7.31. The first kappa shape index (κ1) is 19.4. The van der Waals surface area contributed by atoms with Crippen molar-refractivity contribution in [3.8, 4) is 0 Å². The monoisotopic (exact) mass is 384 g/mol. The van der Waals surface area contributed by atoms with Crippen LogP contribution in [0.15, 0.2) is 33.7 Å². The van der Waals surface area contributed by atoms with Gasteiger partial charge in [0.2, 0.25) is 0 Å². The molecule has 0 fully saturated rings. The van der Waals surface area contributed by atoms with Crippen molar-refractivity contribution in [3.63, 3.8) is 0 Å². The van der Waals surface area contributed by atoms with E-state index in [-0.39, 0.29) is 5.91 Å². The van der Waals surface area contributed by atoms with Crippen LogP contribution in [0.25, 0.3) is 0 Å². The predicted molar refractivity (Wildman–Crippen MR) is 96.9 cm³/mol. The smallest absolute Gasteiger partial charge is 0.251 e. The van der Waals surface area contributed by atoms with E-state index < -0.39 is 0 Å². The van der Waals surface area contributed by atoms with Crippen LogP contribution in [0, 0.1) is 0 Å². The highest BCUT2D eigenvalue weighted by molar-refractivity contribution is 9.10. The molecule has 1 aromatic carbocycles. The van der Waals surface area contributed by atoms with Gasteiger partial charge in [0.25, 0.3) is 5.91 Å². The van der Waals surface area contributed by atoms with Crippen LogP contribution in [0.1, 0.15) is 24.2 Å². The summed E-state index contributed by atoms with van der Waals surface area (Å²) in [4.78, 5) is 16.4. The second-order valence-corrected chi connectivity index (χ2v) is 5.57. The highest BCUT2D eigenvalue weighted by Crippen LogP contribution is 2.11. The minimum Gasteiger partial charge on any atom is -0.380 e. The summed E-state index contributed by atoms with van der Waals surface area (Å²) < 4.78 is 6.14. The van der Waals surface area contributed by atoms with Gasteiger partial charge in [-0.15, -0.1) is 0 Å². The van der Waals surface area contributed by atoms with Gasteiger partial charge in [0.05, 0.1) is 13.2 Å². The molecule has 0 aliphatic heterocycles. The number of carbonyl (C=O) groups is 1. The van der Waals surface area contributed by atoms with E-state index in [4.69, 9.17) is 4.74 Å². The largest absolute Gasteiger partial charge is 0.380 e. The SMILES string of the molecule is CCNC(=NCCOCC)NCCNC(=O)c1cccc(Br)c1. The van der Waals surface area contributed by atoms with Crippen molar-refractivity contribution in [3.05, 3.63) is 34.3 Å². The van der Waals surface area contributed by atoms with Crippen molar-refractivity contribution in [2.75, 3.05) is 39.4 Å². The highest BCUT2D eigenvalue weighted by Gasteiger charge is 2.04. The molecule has 0 unspecified atom stereocenters. The molecule has 3 N–H and O–H groups in total. The van der Waals surface area contributed by atoms with Gasteiger partial charge in [-0.1, -0.05) is 22.0 Å². The van der Waals surface area contributed by atoms with Gasteiger partial charge in [-0.2, -0.15) is 0 Å². The molecular formula is C16H25BrN4O2. The topological polar surface area (TPSA) is 74.8 Å². The fourth-order valence-corrected chi connectivity index (χ4v) is 2.20. The average molecular weight is 385 g/mol.